The zero-order valence-corrected chi connectivity index (χ0v) is 16.8. The van der Waals surface area contributed by atoms with Crippen molar-refractivity contribution in [2.24, 2.45) is 7.05 Å². The van der Waals surface area contributed by atoms with Gasteiger partial charge in [-0.25, -0.2) is 8.42 Å². The predicted octanol–water partition coefficient (Wildman–Crippen LogP) is 3.20. The Morgan fingerprint density at radius 1 is 1.22 bits per heavy atom. The van der Waals surface area contributed by atoms with Crippen LogP contribution in [0.3, 0.4) is 0 Å². The first-order valence-electron chi connectivity index (χ1n) is 8.92. The molecule has 1 fully saturated rings. The van der Waals surface area contributed by atoms with Gasteiger partial charge in [-0.1, -0.05) is 29.3 Å². The Bertz CT molecular complexity index is 1140. The van der Waals surface area contributed by atoms with E-state index in [-0.39, 0.29) is 15.8 Å². The largest absolute Gasteiger partial charge is 0.361 e. The van der Waals surface area contributed by atoms with E-state index in [2.05, 4.69) is 5.16 Å². The molecule has 9 heteroatoms. The monoisotopic (exact) mass is 407 g/mol. The van der Waals surface area contributed by atoms with Crippen molar-refractivity contribution in [3.8, 4) is 0 Å². The lowest BCUT2D eigenvalue weighted by Crippen LogP contribution is -2.35. The second kappa shape index (κ2) is 6.88. The standard InChI is InChI=1S/C18H21N3O4S2/c1-12-10-14(19-25-12)15-6-4-3-5-9-21(15)27(23,24)13-7-8-16-17(11-13)26-18(22)20(16)2/h7-8,10-11,15H,3-6,9H2,1-2H3/t15-/m0/s1. The molecule has 1 aromatic carbocycles. The molecule has 0 unspecified atom stereocenters. The van der Waals surface area contributed by atoms with E-state index < -0.39 is 10.0 Å². The summed E-state index contributed by atoms with van der Waals surface area (Å²) in [6, 6.07) is 6.37. The van der Waals surface area contributed by atoms with Crippen molar-refractivity contribution in [1.29, 1.82) is 0 Å². The second-order valence-electron chi connectivity index (χ2n) is 6.90. The number of rotatable bonds is 3. The van der Waals surface area contributed by atoms with Crippen molar-refractivity contribution < 1.29 is 12.9 Å². The van der Waals surface area contributed by atoms with Gasteiger partial charge in [0.15, 0.2) is 0 Å². The molecular weight excluding hydrogens is 386 g/mol. The number of aryl methyl sites for hydroxylation is 2. The summed E-state index contributed by atoms with van der Waals surface area (Å²) >= 11 is 1.06. The van der Waals surface area contributed by atoms with E-state index >= 15 is 0 Å². The first-order chi connectivity index (χ1) is 12.9. The fourth-order valence-corrected chi connectivity index (χ4v) is 6.31. The highest BCUT2D eigenvalue weighted by Crippen LogP contribution is 2.35. The van der Waals surface area contributed by atoms with Crippen LogP contribution in [-0.2, 0) is 17.1 Å². The predicted molar refractivity (Wildman–Crippen MR) is 103 cm³/mol. The van der Waals surface area contributed by atoms with E-state index in [0.717, 1.165) is 36.1 Å². The van der Waals surface area contributed by atoms with Crippen LogP contribution in [0.5, 0.6) is 0 Å². The van der Waals surface area contributed by atoms with Crippen LogP contribution >= 0.6 is 11.3 Å². The average molecular weight is 408 g/mol. The highest BCUT2D eigenvalue weighted by molar-refractivity contribution is 7.89. The summed E-state index contributed by atoms with van der Waals surface area (Å²) in [7, 11) is -2.03. The van der Waals surface area contributed by atoms with Crippen LogP contribution in [0, 0.1) is 6.92 Å². The molecule has 0 N–H and O–H groups in total. The quantitative estimate of drug-likeness (QED) is 0.666. The molecule has 0 spiro atoms. The molecule has 0 aliphatic carbocycles. The lowest BCUT2D eigenvalue weighted by Gasteiger charge is -2.27. The minimum Gasteiger partial charge on any atom is -0.361 e. The molecule has 0 radical (unpaired) electrons. The molecule has 4 rings (SSSR count). The van der Waals surface area contributed by atoms with Crippen LogP contribution in [0.15, 0.2) is 38.5 Å². The van der Waals surface area contributed by atoms with Gasteiger partial charge >= 0.3 is 4.87 Å². The van der Waals surface area contributed by atoms with Gasteiger partial charge in [0, 0.05) is 19.7 Å². The summed E-state index contributed by atoms with van der Waals surface area (Å²) in [6.45, 7) is 2.25. The fraction of sp³-hybridized carbons (Fsp3) is 0.444. The Balaban J connectivity index is 1.79. The third-order valence-electron chi connectivity index (χ3n) is 5.06. The van der Waals surface area contributed by atoms with Crippen LogP contribution in [0.25, 0.3) is 10.2 Å². The first kappa shape index (κ1) is 18.4. The van der Waals surface area contributed by atoms with Gasteiger partial charge in [-0.2, -0.15) is 4.31 Å². The van der Waals surface area contributed by atoms with E-state index in [1.54, 1.807) is 36.5 Å². The smallest absolute Gasteiger partial charge is 0.307 e. The number of sulfonamides is 1. The molecule has 3 heterocycles. The van der Waals surface area contributed by atoms with Crippen LogP contribution in [-0.4, -0.2) is 29.0 Å². The van der Waals surface area contributed by atoms with Gasteiger partial charge in [-0.05, 0) is 38.0 Å². The van der Waals surface area contributed by atoms with E-state index in [0.29, 0.717) is 29.1 Å². The van der Waals surface area contributed by atoms with E-state index in [4.69, 9.17) is 4.52 Å². The molecule has 0 saturated carbocycles. The lowest BCUT2D eigenvalue weighted by atomic mass is 10.1. The summed E-state index contributed by atoms with van der Waals surface area (Å²) in [5.41, 5.74) is 1.40. The van der Waals surface area contributed by atoms with Gasteiger partial charge < -0.3 is 9.09 Å². The van der Waals surface area contributed by atoms with Crippen molar-refractivity contribution in [2.45, 2.75) is 43.5 Å². The molecule has 1 aliphatic rings. The van der Waals surface area contributed by atoms with Gasteiger partial charge in [0.2, 0.25) is 10.0 Å². The Morgan fingerprint density at radius 3 is 2.78 bits per heavy atom. The van der Waals surface area contributed by atoms with Crippen LogP contribution in [0.1, 0.15) is 43.2 Å². The van der Waals surface area contributed by atoms with E-state index in [1.807, 2.05) is 6.07 Å². The molecule has 144 valence electrons. The molecule has 3 aromatic rings. The van der Waals surface area contributed by atoms with E-state index in [1.165, 1.54) is 4.57 Å². The average Bonchev–Trinajstić information content (AvgIpc) is 3.07. The molecule has 27 heavy (non-hydrogen) atoms. The van der Waals surface area contributed by atoms with Crippen LogP contribution in [0.2, 0.25) is 0 Å². The van der Waals surface area contributed by atoms with Gasteiger partial charge in [-0.3, -0.25) is 4.79 Å². The Kier molecular flexibility index (Phi) is 4.69. The number of nitrogens with zero attached hydrogens (tertiary/aromatic N) is 3. The van der Waals surface area contributed by atoms with Crippen molar-refractivity contribution in [2.75, 3.05) is 6.54 Å². The molecular formula is C18H21N3O4S2. The lowest BCUT2D eigenvalue weighted by molar-refractivity contribution is 0.304. The number of aromatic nitrogens is 2. The van der Waals surface area contributed by atoms with E-state index in [9.17, 15) is 13.2 Å². The van der Waals surface area contributed by atoms with Gasteiger partial charge in [0.05, 0.1) is 21.2 Å². The molecule has 1 aliphatic heterocycles. The number of fused-ring (bicyclic) bond motifs is 1. The Labute approximate surface area is 161 Å². The Morgan fingerprint density at radius 2 is 2.04 bits per heavy atom. The van der Waals surface area contributed by atoms with Crippen LogP contribution < -0.4 is 4.87 Å². The minimum atomic E-state index is -3.72. The van der Waals surface area contributed by atoms with Gasteiger partial charge in [0.1, 0.15) is 11.5 Å². The third kappa shape index (κ3) is 3.24. The Hall–Kier alpha value is -1.97. The highest BCUT2D eigenvalue weighted by atomic mass is 32.2. The summed E-state index contributed by atoms with van der Waals surface area (Å²) in [5.74, 6) is 0.669. The minimum absolute atomic E-state index is 0.106. The zero-order valence-electron chi connectivity index (χ0n) is 15.2. The normalized spacial score (nSPS) is 19.4. The number of thiazole rings is 1. The zero-order chi connectivity index (χ0) is 19.2. The maximum absolute atomic E-state index is 13.5. The summed E-state index contributed by atoms with van der Waals surface area (Å²) < 4.78 is 35.8. The molecule has 7 nitrogen and oxygen atoms in total. The first-order valence-corrected chi connectivity index (χ1v) is 11.2. The molecule has 1 atom stereocenters. The van der Waals surface area contributed by atoms with Crippen molar-refractivity contribution >= 4 is 31.6 Å². The van der Waals surface area contributed by atoms with Crippen LogP contribution in [0.4, 0.5) is 0 Å². The van der Waals surface area contributed by atoms with Gasteiger partial charge in [0.25, 0.3) is 0 Å². The fourth-order valence-electron chi connectivity index (χ4n) is 3.62. The molecule has 0 amide bonds. The second-order valence-corrected chi connectivity index (χ2v) is 9.78. The molecule has 1 saturated heterocycles. The highest BCUT2D eigenvalue weighted by Gasteiger charge is 2.35. The number of benzene rings is 1. The summed E-state index contributed by atoms with van der Waals surface area (Å²) in [4.78, 5) is 12.0. The van der Waals surface area contributed by atoms with Gasteiger partial charge in [-0.15, -0.1) is 0 Å². The SMILES string of the molecule is Cc1cc([C@@H]2CCCCCN2S(=O)(=O)c2ccc3c(c2)sc(=O)n3C)no1. The maximum atomic E-state index is 13.5. The topological polar surface area (TPSA) is 85.4 Å². The molecule has 2 aromatic heterocycles. The van der Waals surface area contributed by atoms with Crippen molar-refractivity contribution in [1.82, 2.24) is 14.0 Å². The third-order valence-corrected chi connectivity index (χ3v) is 7.96. The molecule has 0 bridgehead atoms. The van der Waals surface area contributed by atoms with Crippen molar-refractivity contribution in [3.05, 3.63) is 45.4 Å². The maximum Gasteiger partial charge on any atom is 0.307 e. The summed E-state index contributed by atoms with van der Waals surface area (Å²) in [6.07, 6.45) is 3.46. The van der Waals surface area contributed by atoms with Crippen molar-refractivity contribution in [3.63, 3.8) is 0 Å². The summed E-state index contributed by atoms with van der Waals surface area (Å²) in [5, 5.41) is 4.08. The number of hydrogen-bond acceptors (Lipinski definition) is 6. The number of hydrogen-bond donors (Lipinski definition) is 0.